The number of carbonyl (C=O) groups excluding carboxylic acids is 1. The van der Waals surface area contributed by atoms with Gasteiger partial charge >= 0.3 is 0 Å². The number of aryl methyl sites for hydroxylation is 1. The molecule has 0 atom stereocenters. The molecule has 1 aliphatic heterocycles. The summed E-state index contributed by atoms with van der Waals surface area (Å²) >= 11 is 0. The van der Waals surface area contributed by atoms with Gasteiger partial charge in [0.2, 0.25) is 0 Å². The summed E-state index contributed by atoms with van der Waals surface area (Å²) in [5.74, 6) is -0.183. The third-order valence-electron chi connectivity index (χ3n) is 5.24. The smallest absolute Gasteiger partial charge is 0.198 e. The lowest BCUT2D eigenvalue weighted by molar-refractivity contribution is -0.158. The molecule has 1 heterocycles. The van der Waals surface area contributed by atoms with Crippen molar-refractivity contribution in [3.05, 3.63) is 59.4 Å². The van der Waals surface area contributed by atoms with E-state index in [4.69, 9.17) is 4.74 Å². The number of ether oxygens (including phenoxy) is 1. The number of benzene rings is 2. The Morgan fingerprint density at radius 3 is 2.15 bits per heavy atom. The molecule has 0 fully saturated rings. The van der Waals surface area contributed by atoms with E-state index < -0.39 is 11.2 Å². The maximum atomic E-state index is 13.2. The average Bonchev–Trinajstić information content (AvgIpc) is 2.60. The van der Waals surface area contributed by atoms with Gasteiger partial charge in [0.25, 0.3) is 0 Å². The monoisotopic (exact) mass is 362 g/mol. The highest BCUT2D eigenvalue weighted by atomic mass is 16.5. The number of aliphatic hydroxyl groups is 1. The second-order valence-electron chi connectivity index (χ2n) is 8.27. The van der Waals surface area contributed by atoms with Gasteiger partial charge < -0.3 is 9.84 Å². The summed E-state index contributed by atoms with van der Waals surface area (Å²) in [5.41, 5.74) is 3.61. The standard InChI is InChI=1S/C23H27BO3/c1-6-14-7-8-16(15-9-11-17(24)12-10-15)13-18(14)19-20(25)22(2,3)27-23(4,5)21(19)26/h7-13,25H,6,24H2,1-5H3. The van der Waals surface area contributed by atoms with Gasteiger partial charge in [-0.1, -0.05) is 48.8 Å². The fraction of sp³-hybridized carbons (Fsp3) is 0.348. The van der Waals surface area contributed by atoms with E-state index in [0.717, 1.165) is 28.7 Å². The van der Waals surface area contributed by atoms with Gasteiger partial charge in [-0.2, -0.15) is 0 Å². The highest BCUT2D eigenvalue weighted by Gasteiger charge is 2.47. The zero-order chi connectivity index (χ0) is 20.0. The van der Waals surface area contributed by atoms with Crippen molar-refractivity contribution in [3.8, 4) is 11.1 Å². The lowest BCUT2D eigenvalue weighted by Gasteiger charge is -2.40. The fourth-order valence-corrected chi connectivity index (χ4v) is 3.74. The van der Waals surface area contributed by atoms with Crippen molar-refractivity contribution in [1.82, 2.24) is 0 Å². The van der Waals surface area contributed by atoms with E-state index in [-0.39, 0.29) is 11.5 Å². The molecule has 0 aliphatic carbocycles. The summed E-state index contributed by atoms with van der Waals surface area (Å²) in [6.07, 6.45) is 0.773. The summed E-state index contributed by atoms with van der Waals surface area (Å²) in [7, 11) is 2.06. The first kappa shape index (κ1) is 19.4. The number of aliphatic hydroxyl groups excluding tert-OH is 1. The maximum absolute atomic E-state index is 13.2. The molecule has 0 spiro atoms. The van der Waals surface area contributed by atoms with E-state index in [9.17, 15) is 9.90 Å². The maximum Gasteiger partial charge on any atom is 0.198 e. The van der Waals surface area contributed by atoms with Gasteiger partial charge in [0, 0.05) is 0 Å². The Balaban J connectivity index is 2.24. The number of carbonyl (C=O) groups is 1. The predicted octanol–water partition coefficient (Wildman–Crippen LogP) is 3.60. The van der Waals surface area contributed by atoms with E-state index >= 15 is 0 Å². The van der Waals surface area contributed by atoms with Crippen molar-refractivity contribution in [2.75, 3.05) is 0 Å². The number of hydrogen-bond acceptors (Lipinski definition) is 3. The summed E-state index contributed by atoms with van der Waals surface area (Å²) in [4.78, 5) is 13.2. The molecule has 0 saturated heterocycles. The first-order valence-electron chi connectivity index (χ1n) is 9.46. The van der Waals surface area contributed by atoms with Crippen LogP contribution in [0.2, 0.25) is 0 Å². The van der Waals surface area contributed by atoms with E-state index in [1.165, 1.54) is 5.46 Å². The first-order chi connectivity index (χ1) is 12.6. The van der Waals surface area contributed by atoms with Crippen molar-refractivity contribution in [3.63, 3.8) is 0 Å². The van der Waals surface area contributed by atoms with Gasteiger partial charge in [-0.15, -0.1) is 0 Å². The molecule has 0 bridgehead atoms. The van der Waals surface area contributed by atoms with Crippen LogP contribution >= 0.6 is 0 Å². The molecule has 1 aliphatic rings. The molecule has 3 nitrogen and oxygen atoms in total. The van der Waals surface area contributed by atoms with Crippen molar-refractivity contribution >= 4 is 24.7 Å². The highest BCUT2D eigenvalue weighted by Crippen LogP contribution is 2.41. The van der Waals surface area contributed by atoms with Gasteiger partial charge in [0.1, 0.15) is 24.8 Å². The normalized spacial score (nSPS) is 18.6. The molecule has 0 aromatic heterocycles. The van der Waals surface area contributed by atoms with Crippen LogP contribution in [0.15, 0.2) is 48.2 Å². The Morgan fingerprint density at radius 2 is 1.56 bits per heavy atom. The van der Waals surface area contributed by atoms with Crippen LogP contribution in [0.25, 0.3) is 16.7 Å². The van der Waals surface area contributed by atoms with Crippen LogP contribution in [0, 0.1) is 0 Å². The Morgan fingerprint density at radius 1 is 0.963 bits per heavy atom. The van der Waals surface area contributed by atoms with Gasteiger partial charge in [0.05, 0.1) is 5.57 Å². The van der Waals surface area contributed by atoms with Crippen molar-refractivity contribution in [1.29, 1.82) is 0 Å². The molecule has 0 unspecified atom stereocenters. The summed E-state index contributed by atoms with van der Waals surface area (Å²) < 4.78 is 5.88. The third-order valence-corrected chi connectivity index (χ3v) is 5.24. The van der Waals surface area contributed by atoms with E-state index in [0.29, 0.717) is 5.57 Å². The van der Waals surface area contributed by atoms with Gasteiger partial charge in [-0.25, -0.2) is 0 Å². The molecule has 1 N–H and O–H groups in total. The molecule has 2 aromatic carbocycles. The second kappa shape index (κ2) is 6.68. The van der Waals surface area contributed by atoms with Crippen LogP contribution < -0.4 is 5.46 Å². The highest BCUT2D eigenvalue weighted by molar-refractivity contribution is 6.32. The summed E-state index contributed by atoms with van der Waals surface area (Å²) in [6.45, 7) is 9.18. The van der Waals surface area contributed by atoms with Crippen LogP contribution in [0.4, 0.5) is 0 Å². The largest absolute Gasteiger partial charge is 0.508 e. The molecular formula is C23H27BO3. The summed E-state index contributed by atoms with van der Waals surface area (Å²) in [6, 6.07) is 14.4. The molecule has 27 heavy (non-hydrogen) atoms. The minimum Gasteiger partial charge on any atom is -0.508 e. The lowest BCUT2D eigenvalue weighted by atomic mass is 9.80. The zero-order valence-corrected chi connectivity index (χ0v) is 17.0. The molecule has 0 amide bonds. The van der Waals surface area contributed by atoms with E-state index in [1.807, 2.05) is 12.1 Å². The third kappa shape index (κ3) is 3.46. The molecule has 3 rings (SSSR count). The van der Waals surface area contributed by atoms with Crippen molar-refractivity contribution < 1.29 is 14.6 Å². The Bertz CT molecular complexity index is 921. The second-order valence-corrected chi connectivity index (χ2v) is 8.27. The van der Waals surface area contributed by atoms with Crippen LogP contribution in [-0.4, -0.2) is 29.9 Å². The topological polar surface area (TPSA) is 46.5 Å². The van der Waals surface area contributed by atoms with Crippen molar-refractivity contribution in [2.45, 2.75) is 52.2 Å². The number of hydrogen-bond donors (Lipinski definition) is 1. The lowest BCUT2D eigenvalue weighted by Crippen LogP contribution is -2.49. The summed E-state index contributed by atoms with van der Waals surface area (Å²) in [5, 5.41) is 10.9. The van der Waals surface area contributed by atoms with E-state index in [1.54, 1.807) is 27.7 Å². The minimum absolute atomic E-state index is 0.00239. The van der Waals surface area contributed by atoms with Gasteiger partial charge in [-0.3, -0.25) is 4.79 Å². The van der Waals surface area contributed by atoms with E-state index in [2.05, 4.69) is 45.1 Å². The quantitative estimate of drug-likeness (QED) is 0.849. The predicted molar refractivity (Wildman–Crippen MR) is 113 cm³/mol. The van der Waals surface area contributed by atoms with Crippen LogP contribution in [0.1, 0.15) is 45.7 Å². The van der Waals surface area contributed by atoms with Crippen LogP contribution in [0.3, 0.4) is 0 Å². The van der Waals surface area contributed by atoms with Gasteiger partial charge in [-0.05, 0) is 62.4 Å². The number of ketones is 1. The number of Topliss-reactive ketones (excluding diaryl/α,β-unsaturated/α-hetero) is 1. The van der Waals surface area contributed by atoms with Crippen LogP contribution in [0.5, 0.6) is 0 Å². The molecule has 140 valence electrons. The Kier molecular flexibility index (Phi) is 4.81. The molecule has 0 saturated carbocycles. The molecule has 4 heteroatoms. The van der Waals surface area contributed by atoms with Crippen LogP contribution in [-0.2, 0) is 16.0 Å². The number of rotatable bonds is 3. The molecule has 0 radical (unpaired) electrons. The SMILES string of the molecule is Bc1ccc(-c2ccc(CC)c(C3=C(O)C(C)(C)OC(C)(C)C3=O)c2)cc1. The Hall–Kier alpha value is -2.33. The average molecular weight is 362 g/mol. The molecule has 2 aromatic rings. The van der Waals surface area contributed by atoms with Gasteiger partial charge in [0.15, 0.2) is 5.78 Å². The minimum atomic E-state index is -0.990. The molecular weight excluding hydrogens is 335 g/mol. The first-order valence-corrected chi connectivity index (χ1v) is 9.46. The fourth-order valence-electron chi connectivity index (χ4n) is 3.74. The zero-order valence-electron chi connectivity index (χ0n) is 17.0. The Labute approximate surface area is 162 Å². The van der Waals surface area contributed by atoms with Crippen molar-refractivity contribution in [2.24, 2.45) is 0 Å².